The minimum Gasteiger partial charge on any atom is -0.461 e. The van der Waals surface area contributed by atoms with Gasteiger partial charge in [0.2, 0.25) is 0 Å². The molecule has 2 heterocycles. The summed E-state index contributed by atoms with van der Waals surface area (Å²) < 4.78 is 6.34. The molecule has 1 amide bonds. The smallest absolute Gasteiger partial charge is 0.359 e. The number of nitrogens with zero attached hydrogens (tertiary/aromatic N) is 2. The van der Waals surface area contributed by atoms with Crippen molar-refractivity contribution in [2.75, 3.05) is 11.9 Å². The van der Waals surface area contributed by atoms with Crippen LogP contribution in [0.1, 0.15) is 44.5 Å². The van der Waals surface area contributed by atoms with Crippen molar-refractivity contribution < 1.29 is 14.3 Å². The lowest BCUT2D eigenvalue weighted by Crippen LogP contribution is -2.25. The van der Waals surface area contributed by atoms with Crippen molar-refractivity contribution in [1.82, 2.24) is 9.78 Å². The Kier molecular flexibility index (Phi) is 6.11. The summed E-state index contributed by atoms with van der Waals surface area (Å²) in [6, 6.07) is 12.6. The van der Waals surface area contributed by atoms with Crippen LogP contribution in [-0.2, 0) is 4.74 Å². The van der Waals surface area contributed by atoms with Crippen molar-refractivity contribution in [2.45, 2.75) is 27.7 Å². The minimum atomic E-state index is -0.631. The van der Waals surface area contributed by atoms with Crippen LogP contribution in [0.5, 0.6) is 0 Å². The van der Waals surface area contributed by atoms with Gasteiger partial charge in [0.25, 0.3) is 11.5 Å². The second-order valence-electron chi connectivity index (χ2n) is 7.73. The largest absolute Gasteiger partial charge is 0.461 e. The molecule has 8 heteroatoms. The van der Waals surface area contributed by atoms with E-state index in [1.54, 1.807) is 36.6 Å². The number of rotatable bonds is 5. The zero-order chi connectivity index (χ0) is 23.7. The van der Waals surface area contributed by atoms with E-state index in [1.165, 1.54) is 16.0 Å². The maximum Gasteiger partial charge on any atom is 0.359 e. The first-order valence-electron chi connectivity index (χ1n) is 10.5. The molecule has 0 saturated carbocycles. The van der Waals surface area contributed by atoms with Gasteiger partial charge >= 0.3 is 5.97 Å². The maximum absolute atomic E-state index is 13.4. The molecule has 0 aliphatic carbocycles. The highest BCUT2D eigenvalue weighted by molar-refractivity contribution is 7.16. The molecule has 1 N–H and O–H groups in total. The summed E-state index contributed by atoms with van der Waals surface area (Å²) in [5.41, 5.74) is 3.69. The summed E-state index contributed by atoms with van der Waals surface area (Å²) in [4.78, 5) is 39.0. The fourth-order valence-corrected chi connectivity index (χ4v) is 4.34. The second-order valence-corrected chi connectivity index (χ2v) is 8.61. The van der Waals surface area contributed by atoms with E-state index in [-0.39, 0.29) is 23.6 Å². The van der Waals surface area contributed by atoms with Gasteiger partial charge in [0.15, 0.2) is 5.69 Å². The lowest BCUT2D eigenvalue weighted by Gasteiger charge is -2.10. The van der Waals surface area contributed by atoms with Gasteiger partial charge in [-0.15, -0.1) is 11.3 Å². The molecule has 33 heavy (non-hydrogen) atoms. The van der Waals surface area contributed by atoms with Crippen molar-refractivity contribution in [2.24, 2.45) is 0 Å². The number of hydrogen-bond acceptors (Lipinski definition) is 6. The van der Waals surface area contributed by atoms with Gasteiger partial charge in [-0.3, -0.25) is 9.59 Å². The Morgan fingerprint density at radius 2 is 1.79 bits per heavy atom. The van der Waals surface area contributed by atoms with Gasteiger partial charge in [-0.2, -0.15) is 9.78 Å². The molecule has 0 spiro atoms. The van der Waals surface area contributed by atoms with Crippen LogP contribution in [0.4, 0.5) is 5.00 Å². The molecule has 7 nitrogen and oxygen atoms in total. The van der Waals surface area contributed by atoms with Gasteiger partial charge in [-0.1, -0.05) is 23.8 Å². The van der Waals surface area contributed by atoms with E-state index in [9.17, 15) is 14.4 Å². The van der Waals surface area contributed by atoms with E-state index in [1.807, 2.05) is 39.0 Å². The first-order valence-corrected chi connectivity index (χ1v) is 11.4. The average Bonchev–Trinajstić information content (AvgIpc) is 3.21. The maximum atomic E-state index is 13.4. The zero-order valence-corrected chi connectivity index (χ0v) is 19.6. The normalized spacial score (nSPS) is 10.9. The minimum absolute atomic E-state index is 0.0231. The molecule has 4 rings (SSSR count). The quantitative estimate of drug-likeness (QED) is 0.431. The monoisotopic (exact) mass is 461 g/mol. The van der Waals surface area contributed by atoms with Gasteiger partial charge < -0.3 is 10.1 Å². The highest BCUT2D eigenvalue weighted by atomic mass is 32.1. The van der Waals surface area contributed by atoms with Gasteiger partial charge in [0.05, 0.1) is 17.7 Å². The number of carbonyl (C=O) groups is 2. The topological polar surface area (TPSA) is 90.3 Å². The highest BCUT2D eigenvalue weighted by Gasteiger charge is 2.23. The van der Waals surface area contributed by atoms with Crippen LogP contribution in [0.2, 0.25) is 0 Å². The Hall–Kier alpha value is -3.78. The van der Waals surface area contributed by atoms with Crippen LogP contribution in [0.15, 0.2) is 52.6 Å². The fourth-order valence-electron chi connectivity index (χ4n) is 3.41. The number of anilines is 1. The first kappa shape index (κ1) is 22.4. The van der Waals surface area contributed by atoms with Crippen molar-refractivity contribution in [3.63, 3.8) is 0 Å². The molecule has 0 fully saturated rings. The lowest BCUT2D eigenvalue weighted by atomic mass is 10.1. The molecule has 0 aliphatic rings. The molecule has 0 radical (unpaired) electrons. The van der Waals surface area contributed by atoms with E-state index in [2.05, 4.69) is 10.4 Å². The molecular weight excluding hydrogens is 438 g/mol. The molecule has 0 bridgehead atoms. The number of ether oxygens (including phenoxy) is 1. The lowest BCUT2D eigenvalue weighted by molar-refractivity contribution is 0.0520. The number of fused-ring (bicyclic) bond motifs is 1. The summed E-state index contributed by atoms with van der Waals surface area (Å²) in [5.74, 6) is -0.967. The first-order chi connectivity index (χ1) is 15.8. The summed E-state index contributed by atoms with van der Waals surface area (Å²) in [7, 11) is 0. The van der Waals surface area contributed by atoms with Crippen molar-refractivity contribution in [3.8, 4) is 5.69 Å². The molecule has 0 saturated heterocycles. The number of aryl methyl sites for hydroxylation is 3. The van der Waals surface area contributed by atoms with Crippen LogP contribution < -0.4 is 10.9 Å². The van der Waals surface area contributed by atoms with Gasteiger partial charge in [0.1, 0.15) is 5.00 Å². The average molecular weight is 462 g/mol. The summed E-state index contributed by atoms with van der Waals surface area (Å²) in [6.45, 7) is 7.72. The number of carbonyl (C=O) groups excluding carboxylic acids is 2. The predicted molar refractivity (Wildman–Crippen MR) is 130 cm³/mol. The highest BCUT2D eigenvalue weighted by Crippen LogP contribution is 2.31. The molecular formula is C25H23N3O4S. The number of nitrogens with one attached hydrogen (secondary N) is 1. The number of benzene rings is 2. The molecule has 168 valence electrons. The Balaban J connectivity index is 1.87. The van der Waals surface area contributed by atoms with Gasteiger partial charge in [0, 0.05) is 16.3 Å². The van der Waals surface area contributed by atoms with Gasteiger partial charge in [-0.05, 0) is 63.1 Å². The van der Waals surface area contributed by atoms with E-state index >= 15 is 0 Å². The summed E-state index contributed by atoms with van der Waals surface area (Å²) in [5, 5.41) is 9.72. The number of thiophene rings is 1. The van der Waals surface area contributed by atoms with Crippen LogP contribution >= 0.6 is 11.3 Å². The van der Waals surface area contributed by atoms with E-state index in [0.29, 0.717) is 21.6 Å². The predicted octanol–water partition coefficient (Wildman–Crippen LogP) is 4.80. The van der Waals surface area contributed by atoms with Crippen LogP contribution in [0.25, 0.3) is 16.5 Å². The standard InChI is InChI=1S/C25H23N3O4S/c1-5-32-25(31)21-19-13-33-23(26-22(29)17-9-8-15(3)16(4)12-17)20(19)24(30)28(27-21)18-10-6-14(2)7-11-18/h6-13H,5H2,1-4H3,(H,26,29). The van der Waals surface area contributed by atoms with Gasteiger partial charge in [-0.25, -0.2) is 4.79 Å². The molecule has 4 aromatic rings. The third-order valence-corrected chi connectivity index (χ3v) is 6.29. The third-order valence-electron chi connectivity index (χ3n) is 5.40. The van der Waals surface area contributed by atoms with Crippen LogP contribution in [0.3, 0.4) is 0 Å². The molecule has 2 aromatic heterocycles. The number of amides is 1. The van der Waals surface area contributed by atoms with Crippen molar-refractivity contribution in [3.05, 3.63) is 86.1 Å². The Morgan fingerprint density at radius 3 is 2.45 bits per heavy atom. The molecule has 0 atom stereocenters. The van der Waals surface area contributed by atoms with Crippen LogP contribution in [0, 0.1) is 20.8 Å². The number of hydrogen-bond donors (Lipinski definition) is 1. The van der Waals surface area contributed by atoms with E-state index in [0.717, 1.165) is 16.7 Å². The second kappa shape index (κ2) is 8.99. The molecule has 0 unspecified atom stereocenters. The Labute approximate surface area is 194 Å². The third kappa shape index (κ3) is 4.29. The summed E-state index contributed by atoms with van der Waals surface area (Å²) in [6.07, 6.45) is 0. The van der Waals surface area contributed by atoms with Crippen molar-refractivity contribution in [1.29, 1.82) is 0 Å². The van der Waals surface area contributed by atoms with Crippen LogP contribution in [-0.4, -0.2) is 28.3 Å². The van der Waals surface area contributed by atoms with E-state index < -0.39 is 11.5 Å². The Bertz CT molecular complexity index is 1430. The molecule has 0 aliphatic heterocycles. The Morgan fingerprint density at radius 1 is 1.06 bits per heavy atom. The number of aromatic nitrogens is 2. The van der Waals surface area contributed by atoms with E-state index in [4.69, 9.17) is 4.74 Å². The SMILES string of the molecule is CCOC(=O)c1nn(-c2ccc(C)cc2)c(=O)c2c(NC(=O)c3ccc(C)c(C)c3)scc12. The van der Waals surface area contributed by atoms with Crippen molar-refractivity contribution >= 4 is 39.0 Å². The summed E-state index contributed by atoms with van der Waals surface area (Å²) >= 11 is 1.17. The zero-order valence-electron chi connectivity index (χ0n) is 18.8. The molecule has 2 aromatic carbocycles. The fraction of sp³-hybridized carbons (Fsp3) is 0.200. The number of esters is 1.